The van der Waals surface area contributed by atoms with Gasteiger partial charge in [-0.2, -0.15) is 0 Å². The van der Waals surface area contributed by atoms with Crippen LogP contribution < -0.4 is 0 Å². The molecule has 0 rings (SSSR count). The van der Waals surface area contributed by atoms with Crippen molar-refractivity contribution in [1.82, 2.24) is 0 Å². The maximum atomic E-state index is 13.1. The monoisotopic (exact) mass is 1340 g/mol. The van der Waals surface area contributed by atoms with Gasteiger partial charge in [0.2, 0.25) is 0 Å². The number of unbranched alkanes of at least 4 members (excludes halogenated alkanes) is 40. The van der Waals surface area contributed by atoms with E-state index in [0.29, 0.717) is 25.7 Å². The highest BCUT2D eigenvalue weighted by Crippen LogP contribution is 2.45. The minimum Gasteiger partial charge on any atom is -0.462 e. The van der Waals surface area contributed by atoms with Crippen LogP contribution in [0.2, 0.25) is 0 Å². The molecule has 19 heteroatoms. The van der Waals surface area contributed by atoms with Crippen molar-refractivity contribution in [2.75, 3.05) is 39.6 Å². The summed E-state index contributed by atoms with van der Waals surface area (Å²) in [5.74, 6) is -0.497. The highest BCUT2D eigenvalue weighted by Gasteiger charge is 2.30. The van der Waals surface area contributed by atoms with Crippen molar-refractivity contribution in [2.24, 2.45) is 11.8 Å². The van der Waals surface area contributed by atoms with E-state index >= 15 is 0 Å². The first-order chi connectivity index (χ1) is 43.9. The van der Waals surface area contributed by atoms with Crippen LogP contribution in [0.3, 0.4) is 0 Å². The van der Waals surface area contributed by atoms with Gasteiger partial charge in [-0.3, -0.25) is 37.3 Å². The zero-order chi connectivity index (χ0) is 67.2. The number of aliphatic hydroxyl groups excluding tert-OH is 1. The van der Waals surface area contributed by atoms with Crippen LogP contribution in [0.1, 0.15) is 369 Å². The number of carbonyl (C=O) groups excluding carboxylic acids is 4. The van der Waals surface area contributed by atoms with Crippen LogP contribution in [-0.4, -0.2) is 96.7 Å². The summed E-state index contributed by atoms with van der Waals surface area (Å²) in [5, 5.41) is 10.6. The molecule has 0 aliphatic rings. The largest absolute Gasteiger partial charge is 0.472 e. The number of phosphoric acid groups is 2. The predicted molar refractivity (Wildman–Crippen MR) is 368 cm³/mol. The van der Waals surface area contributed by atoms with Gasteiger partial charge in [0, 0.05) is 25.7 Å². The van der Waals surface area contributed by atoms with Crippen LogP contribution in [0.5, 0.6) is 0 Å². The SMILES string of the molecule is CCCCCCCCCCC(=O)OC[C@H](COP(=O)(O)OC[C@H](O)COP(=O)(O)OC[C@@H](COC(=O)CCCCCCCCCCCCC(C)CC)OC(=O)CCCCCCCCCCCCCCCCCCCCC(C)C)OC(=O)CCCCCCCCCC. The molecule has 17 nitrogen and oxygen atoms in total. The van der Waals surface area contributed by atoms with E-state index in [4.69, 9.17) is 37.0 Å². The third kappa shape index (κ3) is 65.1. The van der Waals surface area contributed by atoms with Gasteiger partial charge >= 0.3 is 39.5 Å². The number of phosphoric ester groups is 2. The van der Waals surface area contributed by atoms with Crippen molar-refractivity contribution in [2.45, 2.75) is 387 Å². The molecule has 6 atom stereocenters. The van der Waals surface area contributed by atoms with Gasteiger partial charge in [-0.25, -0.2) is 9.13 Å². The van der Waals surface area contributed by atoms with Crippen LogP contribution in [-0.2, 0) is 65.4 Å². The Labute approximate surface area is 556 Å². The zero-order valence-electron chi connectivity index (χ0n) is 59.1. The minimum atomic E-state index is -4.95. The molecule has 0 amide bonds. The Morgan fingerprint density at radius 1 is 0.319 bits per heavy atom. The van der Waals surface area contributed by atoms with Gasteiger partial charge in [0.1, 0.15) is 19.3 Å². The van der Waals surface area contributed by atoms with E-state index in [-0.39, 0.29) is 25.7 Å². The quantitative estimate of drug-likeness (QED) is 0.0222. The fourth-order valence-corrected chi connectivity index (χ4v) is 12.5. The number of carbonyl (C=O) groups is 4. The third-order valence-corrected chi connectivity index (χ3v) is 19.0. The third-order valence-electron chi connectivity index (χ3n) is 17.1. The lowest BCUT2D eigenvalue weighted by Gasteiger charge is -2.21. The summed E-state index contributed by atoms with van der Waals surface area (Å²) < 4.78 is 68.2. The molecule has 0 aliphatic heterocycles. The van der Waals surface area contributed by atoms with E-state index in [9.17, 15) is 43.2 Å². The minimum absolute atomic E-state index is 0.105. The maximum Gasteiger partial charge on any atom is 0.472 e. The molecule has 0 heterocycles. The number of ether oxygens (including phenoxy) is 4. The fourth-order valence-electron chi connectivity index (χ4n) is 10.9. The van der Waals surface area contributed by atoms with Crippen LogP contribution in [0, 0.1) is 11.8 Å². The first kappa shape index (κ1) is 89.1. The molecule has 0 aromatic rings. The van der Waals surface area contributed by atoms with E-state index in [1.165, 1.54) is 173 Å². The lowest BCUT2D eigenvalue weighted by Crippen LogP contribution is -2.30. The lowest BCUT2D eigenvalue weighted by molar-refractivity contribution is -0.161. The van der Waals surface area contributed by atoms with Gasteiger partial charge in [-0.05, 0) is 37.5 Å². The Hall–Kier alpha value is -1.94. The van der Waals surface area contributed by atoms with E-state index in [0.717, 1.165) is 115 Å². The Bertz CT molecular complexity index is 1770. The number of aliphatic hydroxyl groups is 1. The van der Waals surface area contributed by atoms with Crippen LogP contribution >= 0.6 is 15.6 Å². The zero-order valence-corrected chi connectivity index (χ0v) is 60.9. The summed E-state index contributed by atoms with van der Waals surface area (Å²) in [6, 6.07) is 0. The van der Waals surface area contributed by atoms with Crippen molar-refractivity contribution < 1.29 is 80.2 Å². The summed E-state index contributed by atoms with van der Waals surface area (Å²) in [4.78, 5) is 72.4. The second-order valence-corrected chi connectivity index (χ2v) is 29.6. The molecule has 0 aromatic carbocycles. The molecule has 3 N–H and O–H groups in total. The average molecular weight is 1340 g/mol. The molecule has 0 aliphatic carbocycles. The molecule has 540 valence electrons. The first-order valence-electron chi connectivity index (χ1n) is 37.5. The van der Waals surface area contributed by atoms with E-state index in [2.05, 4.69) is 41.5 Å². The van der Waals surface area contributed by atoms with E-state index in [1.54, 1.807) is 0 Å². The molecular formula is C72H140O17P2. The lowest BCUT2D eigenvalue weighted by atomic mass is 9.99. The van der Waals surface area contributed by atoms with Crippen molar-refractivity contribution in [3.05, 3.63) is 0 Å². The van der Waals surface area contributed by atoms with Gasteiger partial charge in [0.15, 0.2) is 12.2 Å². The topological polar surface area (TPSA) is 237 Å². The molecule has 3 unspecified atom stereocenters. The standard InChI is InChI=1S/C72H140O17P2/c1-7-10-12-14-16-36-42-48-54-69(74)82-60-67(88-71(76)56-50-44-37-17-15-13-11-8-2)62-86-90(78,79)84-58-66(73)59-85-91(80,81)87-63-68(61-83-70(75)55-49-43-38-32-29-28-31-35-41-47-53-65(6)9-3)89-72(77)57-51-45-39-33-27-25-23-21-19-18-20-22-24-26-30-34-40-46-52-64(4)5/h64-68,73H,7-63H2,1-6H3,(H,78,79)(H,80,81)/t65?,66-,67+,68+/m0/s1. The van der Waals surface area contributed by atoms with Gasteiger partial charge in [-0.1, -0.05) is 318 Å². The van der Waals surface area contributed by atoms with Crippen LogP contribution in [0.15, 0.2) is 0 Å². The Morgan fingerprint density at radius 2 is 0.560 bits per heavy atom. The molecule has 0 aromatic heterocycles. The molecule has 0 bridgehead atoms. The molecular weight excluding hydrogens is 1200 g/mol. The van der Waals surface area contributed by atoms with Crippen molar-refractivity contribution in [1.29, 1.82) is 0 Å². The van der Waals surface area contributed by atoms with Crippen molar-refractivity contribution >= 4 is 39.5 Å². The maximum absolute atomic E-state index is 13.1. The summed E-state index contributed by atoms with van der Waals surface area (Å²) in [6.45, 7) is 9.57. The molecule has 0 spiro atoms. The van der Waals surface area contributed by atoms with E-state index in [1.807, 2.05) is 0 Å². The number of hydrogen-bond acceptors (Lipinski definition) is 15. The molecule has 0 saturated carbocycles. The normalized spacial score (nSPS) is 14.4. The first-order valence-corrected chi connectivity index (χ1v) is 40.5. The summed E-state index contributed by atoms with van der Waals surface area (Å²) in [5.41, 5.74) is 0. The number of rotatable bonds is 71. The second-order valence-electron chi connectivity index (χ2n) is 26.7. The van der Waals surface area contributed by atoms with Gasteiger partial charge in [-0.15, -0.1) is 0 Å². The van der Waals surface area contributed by atoms with E-state index < -0.39 is 97.5 Å². The Kier molecular flexibility index (Phi) is 62.7. The smallest absolute Gasteiger partial charge is 0.462 e. The molecule has 0 saturated heterocycles. The van der Waals surface area contributed by atoms with Crippen LogP contribution in [0.25, 0.3) is 0 Å². The average Bonchev–Trinajstić information content (AvgIpc) is 3.71. The molecule has 0 fully saturated rings. The number of esters is 4. The predicted octanol–water partition coefficient (Wildman–Crippen LogP) is 20.8. The highest BCUT2D eigenvalue weighted by molar-refractivity contribution is 7.47. The van der Waals surface area contributed by atoms with Crippen molar-refractivity contribution in [3.63, 3.8) is 0 Å². The Balaban J connectivity index is 5.15. The molecule has 91 heavy (non-hydrogen) atoms. The fraction of sp³-hybridized carbons (Fsp3) is 0.944. The van der Waals surface area contributed by atoms with Crippen molar-refractivity contribution in [3.8, 4) is 0 Å². The Morgan fingerprint density at radius 3 is 0.835 bits per heavy atom. The second kappa shape index (κ2) is 64.1. The highest BCUT2D eigenvalue weighted by atomic mass is 31.2. The summed E-state index contributed by atoms with van der Waals surface area (Å²) >= 11 is 0. The van der Waals surface area contributed by atoms with Crippen LogP contribution in [0.4, 0.5) is 0 Å². The van der Waals surface area contributed by atoms with Gasteiger partial charge < -0.3 is 33.8 Å². The molecule has 0 radical (unpaired) electrons. The van der Waals surface area contributed by atoms with Gasteiger partial charge in [0.05, 0.1) is 26.4 Å². The summed E-state index contributed by atoms with van der Waals surface area (Å²) in [6.07, 6.45) is 50.1. The number of hydrogen-bond donors (Lipinski definition) is 3. The van der Waals surface area contributed by atoms with Gasteiger partial charge in [0.25, 0.3) is 0 Å². The summed E-state index contributed by atoms with van der Waals surface area (Å²) in [7, 11) is -9.89.